The van der Waals surface area contributed by atoms with Crippen molar-refractivity contribution >= 4 is 35.5 Å². The summed E-state index contributed by atoms with van der Waals surface area (Å²) in [6, 6.07) is 0. The molecule has 0 spiro atoms. The minimum absolute atomic E-state index is 0. The van der Waals surface area contributed by atoms with Gasteiger partial charge in [0, 0.05) is 6.42 Å². The Bertz CT molecular complexity index is 186. The van der Waals surface area contributed by atoms with Gasteiger partial charge in [0.2, 0.25) is 0 Å². The van der Waals surface area contributed by atoms with Crippen LogP contribution in [0.2, 0.25) is 0 Å². The van der Waals surface area contributed by atoms with Crippen LogP contribution < -0.4 is 0 Å². The van der Waals surface area contributed by atoms with Crippen molar-refractivity contribution in [1.82, 2.24) is 0 Å². The molecule has 0 bridgehead atoms. The van der Waals surface area contributed by atoms with Crippen LogP contribution in [0.4, 0.5) is 0 Å². The Labute approximate surface area is 140 Å². The predicted molar refractivity (Wildman–Crippen MR) is 81.7 cm³/mol. The molecule has 0 aromatic rings. The maximum absolute atomic E-state index is 11.1. The summed E-state index contributed by atoms with van der Waals surface area (Å²) < 4.78 is 4.78. The minimum atomic E-state index is -0.177. The summed E-state index contributed by atoms with van der Waals surface area (Å²) in [5, 5.41) is 8.48. The van der Waals surface area contributed by atoms with E-state index in [0.717, 1.165) is 12.8 Å². The first-order valence-corrected chi connectivity index (χ1v) is 7.57. The molecule has 3 nitrogen and oxygen atoms in total. The predicted octanol–water partition coefficient (Wildman–Crippen LogP) is 3.18. The average Bonchev–Trinajstić information content (AvgIpc) is 2.38. The van der Waals surface area contributed by atoms with Crippen molar-refractivity contribution in [3.63, 3.8) is 0 Å². The Morgan fingerprint density at radius 3 is 1.84 bits per heavy atom. The summed E-state index contributed by atoms with van der Waals surface area (Å²) in [7, 11) is 0. The first-order chi connectivity index (χ1) is 8.81. The van der Waals surface area contributed by atoms with Gasteiger partial charge in [-0.25, -0.2) is 0 Å². The molecule has 0 saturated heterocycles. The second-order valence-corrected chi connectivity index (χ2v) is 4.88. The zero-order valence-electron chi connectivity index (χ0n) is 12.0. The molecule has 0 amide bonds. The summed E-state index contributed by atoms with van der Waals surface area (Å²) in [5.74, 6) is -0.177. The van der Waals surface area contributed by atoms with Gasteiger partial charge in [0.1, 0.15) is 6.61 Å². The van der Waals surface area contributed by atoms with Crippen LogP contribution in [0, 0.1) is 0 Å². The number of unbranched alkanes of at least 4 members (excludes halogenated alkanes) is 9. The Hall–Kier alpha value is 0.430. The van der Waals surface area contributed by atoms with E-state index >= 15 is 0 Å². The van der Waals surface area contributed by atoms with Gasteiger partial charge in [-0.1, -0.05) is 64.7 Å². The number of carbonyl (C=O) groups is 1. The van der Waals surface area contributed by atoms with Crippen LogP contribution in [0.5, 0.6) is 0 Å². The van der Waals surface area contributed by atoms with Crippen molar-refractivity contribution in [2.75, 3.05) is 13.2 Å². The molecule has 0 aliphatic heterocycles. The zero-order valence-corrected chi connectivity index (χ0v) is 12.0. The molecular weight excluding hydrogens is 251 g/mol. The monoisotopic (exact) mass is 282 g/mol. The summed E-state index contributed by atoms with van der Waals surface area (Å²) in [5.41, 5.74) is 0. The fraction of sp³-hybridized carbons (Fsp3) is 0.933. The number of ether oxygens (including phenoxy) is 1. The van der Waals surface area contributed by atoms with Crippen LogP contribution in [0.3, 0.4) is 0 Å². The number of carbonyl (C=O) groups excluding carboxylic acids is 1. The van der Waals surface area contributed by atoms with Crippen LogP contribution in [0.15, 0.2) is 0 Å². The van der Waals surface area contributed by atoms with Crippen LogP contribution in [0.1, 0.15) is 77.6 Å². The number of hydrogen-bond donors (Lipinski definition) is 1. The molecule has 19 heavy (non-hydrogen) atoms. The Kier molecular flexibility index (Phi) is 21.1. The molecule has 0 rings (SSSR count). The molecule has 0 saturated carbocycles. The molecule has 0 aromatic heterocycles. The third kappa shape index (κ3) is 18.4. The van der Waals surface area contributed by atoms with Gasteiger partial charge in [-0.2, -0.15) is 0 Å². The van der Waals surface area contributed by atoms with Gasteiger partial charge in [0.05, 0.1) is 6.61 Å². The molecular formula is C15H31NaO3. The first kappa shape index (κ1) is 21.7. The number of esters is 1. The van der Waals surface area contributed by atoms with Crippen molar-refractivity contribution in [1.29, 1.82) is 0 Å². The summed E-state index contributed by atoms with van der Waals surface area (Å²) in [6.07, 6.45) is 13.2. The van der Waals surface area contributed by atoms with Crippen molar-refractivity contribution < 1.29 is 14.6 Å². The Morgan fingerprint density at radius 2 is 1.37 bits per heavy atom. The zero-order chi connectivity index (χ0) is 13.5. The molecule has 0 aliphatic rings. The molecule has 0 aliphatic carbocycles. The van der Waals surface area contributed by atoms with Crippen LogP contribution >= 0.6 is 0 Å². The van der Waals surface area contributed by atoms with E-state index < -0.39 is 0 Å². The van der Waals surface area contributed by atoms with Gasteiger partial charge in [0.25, 0.3) is 0 Å². The van der Waals surface area contributed by atoms with Gasteiger partial charge in [-0.05, 0) is 6.42 Å². The molecule has 0 aromatic carbocycles. The van der Waals surface area contributed by atoms with Crippen LogP contribution in [-0.2, 0) is 9.53 Å². The second-order valence-electron chi connectivity index (χ2n) is 4.88. The third-order valence-corrected chi connectivity index (χ3v) is 3.09. The van der Waals surface area contributed by atoms with E-state index in [0.29, 0.717) is 6.42 Å². The fourth-order valence-electron chi connectivity index (χ4n) is 1.99. The number of rotatable bonds is 13. The van der Waals surface area contributed by atoms with Crippen molar-refractivity contribution in [2.24, 2.45) is 0 Å². The summed E-state index contributed by atoms with van der Waals surface area (Å²) >= 11 is 0. The SMILES string of the molecule is CCCCCCCCCCCCC(=O)OCCO.[NaH]. The summed E-state index contributed by atoms with van der Waals surface area (Å²) in [4.78, 5) is 11.1. The standard InChI is InChI=1S/C15H30O3.Na.H/c1-2-3-4-5-6-7-8-9-10-11-12-15(17)18-14-13-16;;/h16H,2-14H2,1H3;;. The van der Waals surface area contributed by atoms with Crippen molar-refractivity contribution in [2.45, 2.75) is 77.6 Å². The maximum atomic E-state index is 11.1. The van der Waals surface area contributed by atoms with E-state index in [1.165, 1.54) is 51.4 Å². The Morgan fingerprint density at radius 1 is 0.895 bits per heavy atom. The van der Waals surface area contributed by atoms with E-state index in [2.05, 4.69) is 6.92 Å². The van der Waals surface area contributed by atoms with E-state index in [1.807, 2.05) is 0 Å². The third-order valence-electron chi connectivity index (χ3n) is 3.09. The van der Waals surface area contributed by atoms with Gasteiger partial charge in [0.15, 0.2) is 0 Å². The van der Waals surface area contributed by atoms with Crippen LogP contribution in [-0.4, -0.2) is 53.8 Å². The normalized spacial score (nSPS) is 10.0. The fourth-order valence-corrected chi connectivity index (χ4v) is 1.99. The first-order valence-electron chi connectivity index (χ1n) is 7.57. The van der Waals surface area contributed by atoms with Gasteiger partial charge >= 0.3 is 35.5 Å². The van der Waals surface area contributed by atoms with E-state index in [9.17, 15) is 4.79 Å². The molecule has 4 heteroatoms. The molecule has 0 fully saturated rings. The Balaban J connectivity index is 0. The van der Waals surface area contributed by atoms with Crippen molar-refractivity contribution in [3.8, 4) is 0 Å². The van der Waals surface area contributed by atoms with E-state index in [-0.39, 0.29) is 48.7 Å². The average molecular weight is 282 g/mol. The van der Waals surface area contributed by atoms with E-state index in [1.54, 1.807) is 0 Å². The summed E-state index contributed by atoms with van der Waals surface area (Å²) in [6.45, 7) is 2.30. The molecule has 110 valence electrons. The molecule has 0 unspecified atom stereocenters. The van der Waals surface area contributed by atoms with Crippen molar-refractivity contribution in [3.05, 3.63) is 0 Å². The molecule has 0 atom stereocenters. The molecule has 1 N–H and O–H groups in total. The topological polar surface area (TPSA) is 46.5 Å². The van der Waals surface area contributed by atoms with Gasteiger partial charge in [-0.15, -0.1) is 0 Å². The quantitative estimate of drug-likeness (QED) is 0.320. The van der Waals surface area contributed by atoms with Crippen LogP contribution in [0.25, 0.3) is 0 Å². The van der Waals surface area contributed by atoms with Gasteiger partial charge in [-0.3, -0.25) is 4.79 Å². The van der Waals surface area contributed by atoms with E-state index in [4.69, 9.17) is 9.84 Å². The number of hydrogen-bond acceptors (Lipinski definition) is 3. The number of aliphatic hydroxyl groups is 1. The van der Waals surface area contributed by atoms with Gasteiger partial charge < -0.3 is 9.84 Å². The molecule has 0 radical (unpaired) electrons. The second kappa shape index (κ2) is 18.4. The number of aliphatic hydroxyl groups excluding tert-OH is 1. The molecule has 0 heterocycles.